The molecule has 28 heavy (non-hydrogen) atoms. The van der Waals surface area contributed by atoms with Crippen LogP contribution in [0.5, 0.6) is 5.75 Å². The van der Waals surface area contributed by atoms with Gasteiger partial charge in [0.15, 0.2) is 0 Å². The van der Waals surface area contributed by atoms with Gasteiger partial charge in [-0.25, -0.2) is 4.79 Å². The number of carbonyl (C=O) groups excluding carboxylic acids is 1. The Morgan fingerprint density at radius 1 is 1.11 bits per heavy atom. The molecule has 5 nitrogen and oxygen atoms in total. The van der Waals surface area contributed by atoms with Gasteiger partial charge in [-0.2, -0.15) is 0 Å². The normalized spacial score (nSPS) is 14.9. The summed E-state index contributed by atoms with van der Waals surface area (Å²) in [5, 5.41) is 0. The Balaban J connectivity index is 0.000000483. The van der Waals surface area contributed by atoms with E-state index in [0.717, 1.165) is 25.9 Å². The monoisotopic (exact) mass is 470 g/mol. The van der Waals surface area contributed by atoms with Crippen LogP contribution in [0.15, 0.2) is 28.7 Å². The highest BCUT2D eigenvalue weighted by molar-refractivity contribution is 9.10. The molecule has 1 aromatic carbocycles. The molecule has 1 heterocycles. The van der Waals surface area contributed by atoms with Crippen LogP contribution < -0.4 is 10.5 Å². The topological polar surface area (TPSA) is 64.8 Å². The summed E-state index contributed by atoms with van der Waals surface area (Å²) in [6, 6.07) is 5.66. The molecule has 1 aromatic rings. The molecule has 0 atom stereocenters. The number of rotatable bonds is 1. The van der Waals surface area contributed by atoms with E-state index >= 15 is 0 Å². The molecule has 2 rings (SSSR count). The lowest BCUT2D eigenvalue weighted by molar-refractivity contribution is -0.274. The second-order valence-corrected chi connectivity index (χ2v) is 7.72. The van der Waals surface area contributed by atoms with Crippen LogP contribution in [0, 0.1) is 0 Å². The van der Waals surface area contributed by atoms with E-state index in [1.165, 1.54) is 24.3 Å². The fraction of sp³-hybridized carbons (Fsp3) is 0.632. The van der Waals surface area contributed by atoms with E-state index in [0.29, 0.717) is 4.47 Å². The minimum atomic E-state index is -4.62. The number of likely N-dealkylation sites (tertiary alicyclic amines) is 1. The summed E-state index contributed by atoms with van der Waals surface area (Å²) < 4.78 is 44.4. The summed E-state index contributed by atoms with van der Waals surface area (Å²) in [5.41, 5.74) is 5.34. The molecule has 1 aliphatic heterocycles. The standard InChI is InChI=1S/C10H20N2O2.C7H4BrF3O.C2H6/c1-10(2,3)14-9(13)12-6-4-8(11)5-7-12;8-5-1-3-6(4-2-5)12-7(9,10)11;1-2/h8H,4-7,11H2,1-3H3;1-4H;1-2H3. The van der Waals surface area contributed by atoms with Gasteiger partial charge in [0.05, 0.1) is 0 Å². The van der Waals surface area contributed by atoms with E-state index in [-0.39, 0.29) is 17.9 Å². The molecule has 1 amide bonds. The Hall–Kier alpha value is -1.48. The predicted molar refractivity (Wildman–Crippen MR) is 107 cm³/mol. The number of halogens is 4. The zero-order valence-electron chi connectivity index (χ0n) is 17.0. The Bertz CT molecular complexity index is 567. The van der Waals surface area contributed by atoms with Crippen molar-refractivity contribution in [2.24, 2.45) is 5.73 Å². The van der Waals surface area contributed by atoms with Crippen molar-refractivity contribution in [2.45, 2.75) is 65.5 Å². The lowest BCUT2D eigenvalue weighted by Crippen LogP contribution is -2.44. The Kier molecular flexibility index (Phi) is 11.5. The van der Waals surface area contributed by atoms with Crippen LogP contribution in [0.3, 0.4) is 0 Å². The van der Waals surface area contributed by atoms with E-state index in [4.69, 9.17) is 10.5 Å². The smallest absolute Gasteiger partial charge is 0.444 e. The number of nitrogens with two attached hydrogens (primary N) is 1. The largest absolute Gasteiger partial charge is 0.573 e. The molecule has 162 valence electrons. The van der Waals surface area contributed by atoms with Gasteiger partial charge < -0.3 is 20.1 Å². The molecule has 0 bridgehead atoms. The predicted octanol–water partition coefficient (Wildman–Crippen LogP) is 5.72. The molecule has 0 saturated carbocycles. The first-order chi connectivity index (χ1) is 12.9. The average molecular weight is 471 g/mol. The Morgan fingerprint density at radius 3 is 1.96 bits per heavy atom. The maximum absolute atomic E-state index is 11.6. The van der Waals surface area contributed by atoms with Crippen molar-refractivity contribution in [1.82, 2.24) is 4.90 Å². The van der Waals surface area contributed by atoms with Gasteiger partial charge >= 0.3 is 12.5 Å². The zero-order valence-corrected chi connectivity index (χ0v) is 18.6. The summed E-state index contributed by atoms with van der Waals surface area (Å²) in [6.45, 7) is 11.1. The number of piperidine rings is 1. The van der Waals surface area contributed by atoms with Crippen LogP contribution in [-0.4, -0.2) is 42.1 Å². The maximum Gasteiger partial charge on any atom is 0.573 e. The number of nitrogens with zero attached hydrogens (tertiary/aromatic N) is 1. The van der Waals surface area contributed by atoms with Gasteiger partial charge in [-0.05, 0) is 57.9 Å². The number of amides is 1. The maximum atomic E-state index is 11.6. The first kappa shape index (κ1) is 26.5. The van der Waals surface area contributed by atoms with Crippen molar-refractivity contribution in [2.75, 3.05) is 13.1 Å². The van der Waals surface area contributed by atoms with Crippen LogP contribution >= 0.6 is 15.9 Å². The molecular formula is C19H30BrF3N2O3. The number of carbonyl (C=O) groups is 1. The summed E-state index contributed by atoms with van der Waals surface area (Å²) in [7, 11) is 0. The van der Waals surface area contributed by atoms with Gasteiger partial charge in [0, 0.05) is 23.6 Å². The summed E-state index contributed by atoms with van der Waals surface area (Å²) in [5.74, 6) is -0.217. The van der Waals surface area contributed by atoms with Crippen LogP contribution in [0.4, 0.5) is 18.0 Å². The van der Waals surface area contributed by atoms with Gasteiger partial charge in [-0.15, -0.1) is 13.2 Å². The Morgan fingerprint density at radius 2 is 1.57 bits per heavy atom. The first-order valence-corrected chi connectivity index (χ1v) is 9.90. The second-order valence-electron chi connectivity index (χ2n) is 6.81. The van der Waals surface area contributed by atoms with Crippen molar-refractivity contribution in [3.8, 4) is 5.75 Å². The van der Waals surface area contributed by atoms with Gasteiger partial charge in [-0.1, -0.05) is 29.8 Å². The molecule has 0 aromatic heterocycles. The van der Waals surface area contributed by atoms with E-state index in [2.05, 4.69) is 20.7 Å². The molecule has 1 saturated heterocycles. The highest BCUT2D eigenvalue weighted by Crippen LogP contribution is 2.23. The first-order valence-electron chi connectivity index (χ1n) is 9.10. The lowest BCUT2D eigenvalue weighted by Gasteiger charge is -2.32. The van der Waals surface area contributed by atoms with E-state index < -0.39 is 12.0 Å². The van der Waals surface area contributed by atoms with E-state index in [1.807, 2.05) is 34.6 Å². The second kappa shape index (κ2) is 12.2. The van der Waals surface area contributed by atoms with Crippen molar-refractivity contribution in [3.63, 3.8) is 0 Å². The summed E-state index contributed by atoms with van der Waals surface area (Å²) in [4.78, 5) is 13.3. The summed E-state index contributed by atoms with van der Waals surface area (Å²) >= 11 is 3.09. The van der Waals surface area contributed by atoms with Crippen LogP contribution in [-0.2, 0) is 4.74 Å². The van der Waals surface area contributed by atoms with Crippen molar-refractivity contribution in [3.05, 3.63) is 28.7 Å². The number of benzene rings is 1. The number of hydrogen-bond donors (Lipinski definition) is 1. The third kappa shape index (κ3) is 12.8. The molecular weight excluding hydrogens is 441 g/mol. The van der Waals surface area contributed by atoms with E-state index in [1.54, 1.807) is 4.90 Å². The fourth-order valence-electron chi connectivity index (χ4n) is 2.04. The minimum absolute atomic E-state index is 0.217. The SMILES string of the molecule is CC.CC(C)(C)OC(=O)N1CCC(N)CC1.FC(F)(F)Oc1ccc(Br)cc1. The highest BCUT2D eigenvalue weighted by atomic mass is 79.9. The molecule has 1 aliphatic rings. The third-order valence-corrected chi connectivity index (χ3v) is 3.77. The lowest BCUT2D eigenvalue weighted by atomic mass is 10.1. The third-order valence-electron chi connectivity index (χ3n) is 3.24. The fourth-order valence-corrected chi connectivity index (χ4v) is 2.31. The Labute approximate surface area is 173 Å². The molecule has 0 spiro atoms. The number of alkyl halides is 3. The number of ether oxygens (including phenoxy) is 2. The molecule has 0 radical (unpaired) electrons. The molecule has 1 fully saturated rings. The van der Waals surface area contributed by atoms with Gasteiger partial charge in [0.25, 0.3) is 0 Å². The zero-order chi connectivity index (χ0) is 22.0. The van der Waals surface area contributed by atoms with Crippen molar-refractivity contribution < 1.29 is 27.4 Å². The van der Waals surface area contributed by atoms with Crippen LogP contribution in [0.1, 0.15) is 47.5 Å². The van der Waals surface area contributed by atoms with Gasteiger partial charge in [0.2, 0.25) is 0 Å². The van der Waals surface area contributed by atoms with Gasteiger partial charge in [-0.3, -0.25) is 0 Å². The molecule has 0 aliphatic carbocycles. The summed E-state index contributed by atoms with van der Waals surface area (Å²) in [6.07, 6.45) is -3.09. The van der Waals surface area contributed by atoms with Gasteiger partial charge in [0.1, 0.15) is 11.4 Å². The van der Waals surface area contributed by atoms with Crippen molar-refractivity contribution in [1.29, 1.82) is 0 Å². The molecule has 2 N–H and O–H groups in total. The quantitative estimate of drug-likeness (QED) is 0.569. The van der Waals surface area contributed by atoms with Crippen molar-refractivity contribution >= 4 is 22.0 Å². The molecule has 0 unspecified atom stereocenters. The number of hydrogen-bond acceptors (Lipinski definition) is 4. The van der Waals surface area contributed by atoms with Crippen LogP contribution in [0.2, 0.25) is 0 Å². The average Bonchev–Trinajstić information content (AvgIpc) is 2.57. The van der Waals surface area contributed by atoms with E-state index in [9.17, 15) is 18.0 Å². The molecule has 9 heteroatoms. The van der Waals surface area contributed by atoms with Crippen LogP contribution in [0.25, 0.3) is 0 Å². The highest BCUT2D eigenvalue weighted by Gasteiger charge is 2.30. The minimum Gasteiger partial charge on any atom is -0.444 e.